The van der Waals surface area contributed by atoms with Crippen molar-refractivity contribution in [1.82, 2.24) is 37.2 Å². The first-order valence-corrected chi connectivity index (χ1v) is 22.1. The maximum absolute atomic E-state index is 14.1. The molecule has 1 saturated heterocycles. The van der Waals surface area contributed by atoms with Crippen LogP contribution < -0.4 is 42.0 Å². The lowest BCUT2D eigenvalue weighted by Gasteiger charge is -2.30. The molecule has 0 unspecified atom stereocenters. The number of hydrogen-bond donors (Lipinski definition) is 10. The van der Waals surface area contributed by atoms with E-state index in [0.717, 1.165) is 17.5 Å². The third kappa shape index (κ3) is 16.6. The van der Waals surface area contributed by atoms with Crippen molar-refractivity contribution in [2.45, 2.75) is 121 Å². The molecule has 10 N–H and O–H groups in total. The van der Waals surface area contributed by atoms with Crippen molar-refractivity contribution in [2.75, 3.05) is 25.7 Å². The number of aliphatic carboxylic acids is 1. The average Bonchev–Trinajstić information content (AvgIpc) is 3.78. The number of carboxylic acids is 1. The van der Waals surface area contributed by atoms with Crippen LogP contribution in [0.5, 0.6) is 5.75 Å². The van der Waals surface area contributed by atoms with E-state index in [1.165, 1.54) is 32.7 Å². The maximum atomic E-state index is 14.1. The number of carbonyl (C=O) groups is 7. The van der Waals surface area contributed by atoms with E-state index < -0.39 is 102 Å². The number of carbonyl (C=O) groups excluding carboxylic acids is 6. The zero-order valence-electron chi connectivity index (χ0n) is 36.1. The maximum Gasteiger partial charge on any atom is 0.328 e. The first kappa shape index (κ1) is 51.1. The summed E-state index contributed by atoms with van der Waals surface area (Å²) in [6.07, 6.45) is 0.122. The van der Waals surface area contributed by atoms with Gasteiger partial charge in [-0.25, -0.2) is 4.79 Å². The second-order valence-electron chi connectivity index (χ2n) is 15.8. The average molecular weight is 886 g/mol. The summed E-state index contributed by atoms with van der Waals surface area (Å²) in [4.78, 5) is 92.2. The largest absolute Gasteiger partial charge is 0.497 e. The zero-order valence-corrected chi connectivity index (χ0v) is 37.0. The Morgan fingerprint density at radius 2 is 1.39 bits per heavy atom. The number of aliphatic hydroxyl groups is 2. The van der Waals surface area contributed by atoms with Gasteiger partial charge in [-0.3, -0.25) is 28.8 Å². The van der Waals surface area contributed by atoms with Crippen LogP contribution in [0.2, 0.25) is 0 Å². The molecule has 9 atom stereocenters. The van der Waals surface area contributed by atoms with Crippen LogP contribution in [-0.2, 0) is 46.4 Å². The van der Waals surface area contributed by atoms with Gasteiger partial charge < -0.3 is 57.3 Å². The first-order chi connectivity index (χ1) is 29.4. The second-order valence-corrected chi connectivity index (χ2v) is 16.8. The molecule has 1 fully saturated rings. The summed E-state index contributed by atoms with van der Waals surface area (Å²) in [7, 11) is 1.54. The predicted octanol–water partition coefficient (Wildman–Crippen LogP) is -0.213. The van der Waals surface area contributed by atoms with Crippen LogP contribution >= 0.6 is 11.8 Å². The molecule has 0 spiro atoms. The van der Waals surface area contributed by atoms with Gasteiger partial charge in [0.2, 0.25) is 35.4 Å². The number of amides is 6. The van der Waals surface area contributed by atoms with Crippen molar-refractivity contribution in [1.29, 1.82) is 0 Å². The van der Waals surface area contributed by atoms with Gasteiger partial charge in [-0.1, -0.05) is 56.3 Å². The number of ether oxygens (including phenoxy) is 1. The molecule has 2 aromatic carbocycles. The standard InChI is InChI=1S/C43H63N7O11S/c1-24(2)36(49-41(57)33(48-39(55)30-13-10-19-44-30)22-28-14-16-29(61-5)17-15-28)42(58)47-32(21-27-11-8-7-9-12-27)34(52)23-35(53)45-25(3)38(54)46-31(18-20-62-6)40(56)50-37(26(4)51)43(59)60/h7-9,11-12,14-17,24-26,30-34,36-37,44,51-52H,10,13,18-23H2,1-6H3,(H,45,53)(H,46,54)(H,47,58)(H,48,55)(H,49,57)(H,50,56)(H,59,60)/t25-,26+,30-,31-,32-,33-,34-,36-,37-/m0/s1. The highest BCUT2D eigenvalue weighted by atomic mass is 32.2. The molecule has 62 heavy (non-hydrogen) atoms. The normalized spacial score (nSPS) is 17.5. The van der Waals surface area contributed by atoms with Gasteiger partial charge in [0.25, 0.3) is 0 Å². The lowest BCUT2D eigenvalue weighted by Crippen LogP contribution is -2.59. The molecule has 2 aromatic rings. The van der Waals surface area contributed by atoms with E-state index in [9.17, 15) is 48.9 Å². The number of carboxylic acid groups (broad SMARTS) is 1. The van der Waals surface area contributed by atoms with Gasteiger partial charge in [-0.2, -0.15) is 11.8 Å². The lowest BCUT2D eigenvalue weighted by molar-refractivity contribution is -0.145. The summed E-state index contributed by atoms with van der Waals surface area (Å²) >= 11 is 1.39. The van der Waals surface area contributed by atoms with Gasteiger partial charge in [0.15, 0.2) is 6.04 Å². The topological polar surface area (TPSA) is 274 Å². The van der Waals surface area contributed by atoms with E-state index in [-0.39, 0.29) is 25.2 Å². The minimum Gasteiger partial charge on any atom is -0.497 e. The summed E-state index contributed by atoms with van der Waals surface area (Å²) in [5, 5.41) is 49.6. The van der Waals surface area contributed by atoms with Crippen LogP contribution in [0.3, 0.4) is 0 Å². The van der Waals surface area contributed by atoms with Crippen molar-refractivity contribution >= 4 is 53.2 Å². The fraction of sp³-hybridized carbons (Fsp3) is 0.558. The van der Waals surface area contributed by atoms with Crippen molar-refractivity contribution in [3.63, 3.8) is 0 Å². The minimum atomic E-state index is -1.61. The third-order valence-electron chi connectivity index (χ3n) is 10.4. The summed E-state index contributed by atoms with van der Waals surface area (Å²) in [5.74, 6) is -4.76. The molecular formula is C43H63N7O11S. The van der Waals surface area contributed by atoms with Crippen LogP contribution in [0.15, 0.2) is 54.6 Å². The van der Waals surface area contributed by atoms with Crippen LogP contribution in [0.4, 0.5) is 0 Å². The van der Waals surface area contributed by atoms with E-state index in [0.29, 0.717) is 24.5 Å². The molecule has 1 heterocycles. The molecule has 1 aliphatic heterocycles. The number of nitrogens with one attached hydrogen (secondary N) is 7. The van der Waals surface area contributed by atoms with Gasteiger partial charge in [0.05, 0.1) is 37.8 Å². The Morgan fingerprint density at radius 1 is 0.758 bits per heavy atom. The van der Waals surface area contributed by atoms with Crippen molar-refractivity contribution in [3.05, 3.63) is 65.7 Å². The smallest absolute Gasteiger partial charge is 0.328 e. The number of thioether (sulfide) groups is 1. The third-order valence-corrected chi connectivity index (χ3v) is 11.0. The van der Waals surface area contributed by atoms with E-state index in [1.54, 1.807) is 74.7 Å². The van der Waals surface area contributed by atoms with Crippen LogP contribution in [0, 0.1) is 5.92 Å². The Kier molecular flexibility index (Phi) is 21.1. The molecule has 6 amide bonds. The fourth-order valence-electron chi connectivity index (χ4n) is 6.74. The molecule has 18 nitrogen and oxygen atoms in total. The van der Waals surface area contributed by atoms with E-state index in [2.05, 4.69) is 37.2 Å². The molecule has 0 aromatic heterocycles. The Labute approximate surface area is 366 Å². The molecule has 19 heteroatoms. The molecule has 0 aliphatic carbocycles. The Hall–Kier alpha value is -5.24. The highest BCUT2D eigenvalue weighted by Crippen LogP contribution is 2.16. The van der Waals surface area contributed by atoms with Crippen molar-refractivity contribution < 1.29 is 53.6 Å². The molecule has 3 rings (SSSR count). The number of hydrogen-bond acceptors (Lipinski definition) is 12. The van der Waals surface area contributed by atoms with Crippen LogP contribution in [-0.4, -0.2) is 137 Å². The Bertz CT molecular complexity index is 1800. The summed E-state index contributed by atoms with van der Waals surface area (Å²) in [6, 6.07) is 8.34. The van der Waals surface area contributed by atoms with Crippen LogP contribution in [0.1, 0.15) is 64.5 Å². The molecular weight excluding hydrogens is 823 g/mol. The SMILES string of the molecule is COc1ccc(C[C@H](NC(=O)[C@@H]2CCCN2)C(=O)N[C@H](C(=O)N[C@@H](Cc2ccccc2)[C@@H](O)CC(=O)N[C@@H](C)C(=O)N[C@@H](CCSC)C(=O)N[C@H](C(=O)O)[C@@H](C)O)C(C)C)cc1. The fourth-order valence-corrected chi connectivity index (χ4v) is 7.21. The highest BCUT2D eigenvalue weighted by Gasteiger charge is 2.35. The van der Waals surface area contributed by atoms with Crippen molar-refractivity contribution in [3.8, 4) is 5.75 Å². The van der Waals surface area contributed by atoms with Crippen molar-refractivity contribution in [2.24, 2.45) is 5.92 Å². The summed E-state index contributed by atoms with van der Waals surface area (Å²) in [6.45, 7) is 6.72. The Balaban J connectivity index is 1.74. The molecule has 342 valence electrons. The zero-order chi connectivity index (χ0) is 45.9. The minimum absolute atomic E-state index is 0.0936. The number of benzene rings is 2. The van der Waals surface area contributed by atoms with Gasteiger partial charge in [-0.15, -0.1) is 0 Å². The molecule has 1 aliphatic rings. The quantitative estimate of drug-likeness (QED) is 0.0619. The van der Waals surface area contributed by atoms with Gasteiger partial charge >= 0.3 is 5.97 Å². The van der Waals surface area contributed by atoms with E-state index >= 15 is 0 Å². The predicted molar refractivity (Wildman–Crippen MR) is 233 cm³/mol. The lowest BCUT2D eigenvalue weighted by atomic mass is 9.96. The van der Waals surface area contributed by atoms with Gasteiger partial charge in [0.1, 0.15) is 29.9 Å². The Morgan fingerprint density at radius 3 is 1.95 bits per heavy atom. The molecule has 0 saturated carbocycles. The van der Waals surface area contributed by atoms with Gasteiger partial charge in [-0.05, 0) is 87.3 Å². The number of methoxy groups -OCH3 is 1. The molecule has 0 bridgehead atoms. The van der Waals surface area contributed by atoms with Gasteiger partial charge in [0, 0.05) is 6.42 Å². The molecule has 0 radical (unpaired) electrons. The van der Waals surface area contributed by atoms with E-state index in [4.69, 9.17) is 4.74 Å². The first-order valence-electron chi connectivity index (χ1n) is 20.7. The van der Waals surface area contributed by atoms with Crippen LogP contribution in [0.25, 0.3) is 0 Å². The summed E-state index contributed by atoms with van der Waals surface area (Å²) < 4.78 is 5.25. The monoisotopic (exact) mass is 885 g/mol. The number of rotatable bonds is 25. The van der Waals surface area contributed by atoms with E-state index in [1.807, 2.05) is 0 Å². The highest BCUT2D eigenvalue weighted by molar-refractivity contribution is 7.98. The summed E-state index contributed by atoms with van der Waals surface area (Å²) in [5.41, 5.74) is 1.48. The second kappa shape index (κ2) is 25.6. The number of aliphatic hydroxyl groups excluding tert-OH is 2.